The van der Waals surface area contributed by atoms with Crippen molar-refractivity contribution in [3.8, 4) is 0 Å². The number of aryl methyl sites for hydroxylation is 1. The van der Waals surface area contributed by atoms with Crippen molar-refractivity contribution in [3.63, 3.8) is 0 Å². The van der Waals surface area contributed by atoms with Crippen LogP contribution in [-0.4, -0.2) is 64.9 Å². The molecule has 152 valence electrons. The van der Waals surface area contributed by atoms with Crippen LogP contribution < -0.4 is 10.6 Å². The highest BCUT2D eigenvalue weighted by atomic mass is 15.3. The lowest BCUT2D eigenvalue weighted by atomic mass is 9.88. The third kappa shape index (κ3) is 6.19. The number of likely N-dealkylation sites (tertiary alicyclic amines) is 1. The molecule has 0 aromatic carbocycles. The summed E-state index contributed by atoms with van der Waals surface area (Å²) in [5, 5.41) is 15.2. The molecule has 2 heterocycles. The first-order chi connectivity index (χ1) is 13.3. The third-order valence-corrected chi connectivity index (χ3v) is 6.05. The van der Waals surface area contributed by atoms with Crippen LogP contribution in [0.2, 0.25) is 0 Å². The third-order valence-electron chi connectivity index (χ3n) is 6.05. The number of hydrogen-bond donors (Lipinski definition) is 2. The Balaban J connectivity index is 1.34. The van der Waals surface area contributed by atoms with E-state index in [1.165, 1.54) is 64.6 Å². The molecule has 7 heteroatoms. The molecule has 1 aliphatic heterocycles. The zero-order chi connectivity index (χ0) is 18.9. The molecule has 0 spiro atoms. The average molecular weight is 376 g/mol. The smallest absolute Gasteiger partial charge is 0.191 e. The van der Waals surface area contributed by atoms with E-state index >= 15 is 0 Å². The van der Waals surface area contributed by atoms with E-state index < -0.39 is 0 Å². The van der Waals surface area contributed by atoms with Crippen molar-refractivity contribution in [2.45, 2.75) is 70.9 Å². The van der Waals surface area contributed by atoms with Gasteiger partial charge in [-0.3, -0.25) is 4.99 Å². The summed E-state index contributed by atoms with van der Waals surface area (Å²) in [6, 6.07) is 0.528. The number of rotatable bonds is 7. The number of nitrogens with one attached hydrogen (secondary N) is 2. The number of hydrogen-bond acceptors (Lipinski definition) is 4. The van der Waals surface area contributed by atoms with Gasteiger partial charge >= 0.3 is 0 Å². The quantitative estimate of drug-likeness (QED) is 0.564. The summed E-state index contributed by atoms with van der Waals surface area (Å²) in [7, 11) is 1.85. The van der Waals surface area contributed by atoms with Gasteiger partial charge in [0.1, 0.15) is 12.2 Å². The van der Waals surface area contributed by atoms with Crippen molar-refractivity contribution in [1.29, 1.82) is 0 Å². The molecule has 27 heavy (non-hydrogen) atoms. The van der Waals surface area contributed by atoms with Crippen molar-refractivity contribution in [3.05, 3.63) is 12.2 Å². The largest absolute Gasteiger partial charge is 0.355 e. The maximum absolute atomic E-state index is 4.40. The Morgan fingerprint density at radius 3 is 2.67 bits per heavy atom. The molecule has 7 nitrogen and oxygen atoms in total. The second-order valence-electron chi connectivity index (χ2n) is 8.02. The van der Waals surface area contributed by atoms with E-state index in [1.807, 2.05) is 7.05 Å². The second kappa shape index (κ2) is 10.6. The molecule has 0 atom stereocenters. The van der Waals surface area contributed by atoms with Gasteiger partial charge in [-0.15, -0.1) is 10.2 Å². The highest BCUT2D eigenvalue weighted by Crippen LogP contribution is 2.25. The molecule has 0 bridgehead atoms. The Hall–Kier alpha value is -1.63. The highest BCUT2D eigenvalue weighted by molar-refractivity contribution is 5.79. The minimum Gasteiger partial charge on any atom is -0.355 e. The molecule has 0 amide bonds. The van der Waals surface area contributed by atoms with E-state index in [0.717, 1.165) is 37.2 Å². The van der Waals surface area contributed by atoms with Crippen molar-refractivity contribution >= 4 is 5.96 Å². The van der Waals surface area contributed by atoms with Gasteiger partial charge in [0.05, 0.1) is 0 Å². The first kappa shape index (κ1) is 20.1. The van der Waals surface area contributed by atoms with Gasteiger partial charge in [-0.25, -0.2) is 0 Å². The molecule has 2 fully saturated rings. The Morgan fingerprint density at radius 1 is 1.19 bits per heavy atom. The average Bonchev–Trinajstić information content (AvgIpc) is 3.17. The van der Waals surface area contributed by atoms with Crippen molar-refractivity contribution in [2.24, 2.45) is 10.9 Å². The normalized spacial score (nSPS) is 20.7. The number of aromatic nitrogens is 3. The van der Waals surface area contributed by atoms with Crippen LogP contribution in [0.1, 0.15) is 57.7 Å². The molecule has 3 rings (SSSR count). The molecular formula is C20H37N7. The standard InChI is InChI=1S/C20H37N7/c1-3-19-25-23-16-27(19)14-11-22-20(21-2)24-18-9-12-26(13-10-18)15-17-7-5-4-6-8-17/h16-18H,3-15H2,1-2H3,(H2,21,22,24). The number of nitrogens with zero attached hydrogens (tertiary/aromatic N) is 5. The highest BCUT2D eigenvalue weighted by Gasteiger charge is 2.23. The molecular weight excluding hydrogens is 338 g/mol. The van der Waals surface area contributed by atoms with Gasteiger partial charge in [-0.2, -0.15) is 0 Å². The van der Waals surface area contributed by atoms with E-state index in [9.17, 15) is 0 Å². The Labute approximate surface area is 164 Å². The van der Waals surface area contributed by atoms with Gasteiger partial charge in [0.25, 0.3) is 0 Å². The fourth-order valence-corrected chi connectivity index (χ4v) is 4.42. The summed E-state index contributed by atoms with van der Waals surface area (Å²) < 4.78 is 2.10. The maximum atomic E-state index is 4.40. The SMILES string of the molecule is CCc1nncn1CCNC(=NC)NC1CCN(CC2CCCCC2)CC1. The lowest BCUT2D eigenvalue weighted by Crippen LogP contribution is -2.49. The topological polar surface area (TPSA) is 70.4 Å². The van der Waals surface area contributed by atoms with Crippen LogP contribution in [0.3, 0.4) is 0 Å². The van der Waals surface area contributed by atoms with Gasteiger partial charge in [0.15, 0.2) is 5.96 Å². The fourth-order valence-electron chi connectivity index (χ4n) is 4.42. The van der Waals surface area contributed by atoms with Crippen molar-refractivity contribution < 1.29 is 0 Å². The Morgan fingerprint density at radius 2 is 1.96 bits per heavy atom. The summed E-state index contributed by atoms with van der Waals surface area (Å²) in [6.45, 7) is 7.53. The zero-order valence-corrected chi connectivity index (χ0v) is 17.2. The lowest BCUT2D eigenvalue weighted by molar-refractivity contribution is 0.160. The number of aliphatic imine (C=N–C) groups is 1. The molecule has 1 aliphatic carbocycles. The van der Waals surface area contributed by atoms with E-state index in [1.54, 1.807) is 6.33 Å². The van der Waals surface area contributed by atoms with Crippen molar-refractivity contribution in [1.82, 2.24) is 30.3 Å². The van der Waals surface area contributed by atoms with Crippen LogP contribution in [-0.2, 0) is 13.0 Å². The van der Waals surface area contributed by atoms with E-state index in [-0.39, 0.29) is 0 Å². The van der Waals surface area contributed by atoms with Crippen molar-refractivity contribution in [2.75, 3.05) is 33.2 Å². The molecule has 1 saturated carbocycles. The molecule has 1 saturated heterocycles. The van der Waals surface area contributed by atoms with Gasteiger partial charge in [-0.05, 0) is 31.6 Å². The minimum atomic E-state index is 0.528. The molecule has 1 aromatic heterocycles. The van der Waals surface area contributed by atoms with E-state index in [2.05, 4.69) is 42.2 Å². The lowest BCUT2D eigenvalue weighted by Gasteiger charge is -2.36. The first-order valence-corrected chi connectivity index (χ1v) is 10.8. The van der Waals surface area contributed by atoms with Gasteiger partial charge in [0.2, 0.25) is 0 Å². The summed E-state index contributed by atoms with van der Waals surface area (Å²) in [5.74, 6) is 2.89. The predicted molar refractivity (Wildman–Crippen MR) is 110 cm³/mol. The summed E-state index contributed by atoms with van der Waals surface area (Å²) >= 11 is 0. The fraction of sp³-hybridized carbons (Fsp3) is 0.850. The Bertz CT molecular complexity index is 569. The monoisotopic (exact) mass is 375 g/mol. The number of piperidine rings is 1. The summed E-state index contributed by atoms with van der Waals surface area (Å²) in [6.07, 6.45) is 12.4. The first-order valence-electron chi connectivity index (χ1n) is 10.8. The number of guanidine groups is 1. The van der Waals surface area contributed by atoms with Crippen LogP contribution in [0, 0.1) is 5.92 Å². The van der Waals surface area contributed by atoms with E-state index in [0.29, 0.717) is 6.04 Å². The van der Waals surface area contributed by atoms with Crippen LogP contribution in [0.15, 0.2) is 11.3 Å². The van der Waals surface area contributed by atoms with Gasteiger partial charge < -0.3 is 20.1 Å². The minimum absolute atomic E-state index is 0.528. The van der Waals surface area contributed by atoms with Crippen LogP contribution in [0.25, 0.3) is 0 Å². The summed E-state index contributed by atoms with van der Waals surface area (Å²) in [5.41, 5.74) is 0. The van der Waals surface area contributed by atoms with Crippen LogP contribution >= 0.6 is 0 Å². The molecule has 0 radical (unpaired) electrons. The Kier molecular flexibility index (Phi) is 7.93. The predicted octanol–water partition coefficient (Wildman–Crippen LogP) is 2.05. The molecule has 2 N–H and O–H groups in total. The van der Waals surface area contributed by atoms with Crippen LogP contribution in [0.4, 0.5) is 0 Å². The molecule has 1 aromatic rings. The summed E-state index contributed by atoms with van der Waals surface area (Å²) in [4.78, 5) is 7.08. The molecule has 2 aliphatic rings. The zero-order valence-electron chi connectivity index (χ0n) is 17.2. The van der Waals surface area contributed by atoms with Gasteiger partial charge in [-0.1, -0.05) is 26.2 Å². The van der Waals surface area contributed by atoms with Gasteiger partial charge in [0, 0.05) is 52.2 Å². The van der Waals surface area contributed by atoms with Crippen LogP contribution in [0.5, 0.6) is 0 Å². The maximum Gasteiger partial charge on any atom is 0.191 e. The second-order valence-corrected chi connectivity index (χ2v) is 8.02. The van der Waals surface area contributed by atoms with E-state index in [4.69, 9.17) is 0 Å². The molecule has 0 unspecified atom stereocenters.